The van der Waals surface area contributed by atoms with E-state index in [2.05, 4.69) is 5.32 Å². The van der Waals surface area contributed by atoms with Crippen LogP contribution in [0.5, 0.6) is 5.75 Å². The first-order valence-electron chi connectivity index (χ1n) is 13.6. The molecule has 0 unspecified atom stereocenters. The van der Waals surface area contributed by atoms with Gasteiger partial charge < -0.3 is 15.0 Å². The molecule has 3 aromatic rings. The molecule has 0 bridgehead atoms. The maximum Gasteiger partial charge on any atom is 0.264 e. The van der Waals surface area contributed by atoms with Crippen LogP contribution in [0.25, 0.3) is 0 Å². The van der Waals surface area contributed by atoms with Crippen LogP contribution in [0.4, 0.5) is 10.1 Å². The maximum absolute atomic E-state index is 13.9. The van der Waals surface area contributed by atoms with Gasteiger partial charge in [0.1, 0.15) is 24.2 Å². The van der Waals surface area contributed by atoms with Gasteiger partial charge in [-0.1, -0.05) is 43.7 Å². The van der Waals surface area contributed by atoms with Crippen LogP contribution >= 0.6 is 0 Å². The number of nitrogens with zero attached hydrogens (tertiary/aromatic N) is 2. The molecule has 0 heterocycles. The Morgan fingerprint density at radius 3 is 2.10 bits per heavy atom. The number of rotatable bonds is 13. The average molecular weight is 584 g/mol. The number of carbonyl (C=O) groups is 2. The molecule has 0 saturated heterocycles. The third-order valence-electron chi connectivity index (χ3n) is 6.44. The molecular formula is C31H38FN3O5S. The molecule has 8 nitrogen and oxygen atoms in total. The normalized spacial score (nSPS) is 12.1. The van der Waals surface area contributed by atoms with E-state index in [4.69, 9.17) is 4.74 Å². The minimum atomic E-state index is -4.29. The summed E-state index contributed by atoms with van der Waals surface area (Å²) in [5.74, 6) is -0.745. The highest BCUT2D eigenvalue weighted by atomic mass is 32.2. The Labute approximate surface area is 242 Å². The number of carbonyl (C=O) groups excluding carboxylic acids is 2. The number of halogens is 1. The molecule has 2 amide bonds. The van der Waals surface area contributed by atoms with Crippen molar-refractivity contribution in [2.45, 2.75) is 52.1 Å². The molecule has 3 aromatic carbocycles. The van der Waals surface area contributed by atoms with Gasteiger partial charge in [-0.2, -0.15) is 0 Å². The quantitative estimate of drug-likeness (QED) is 0.308. The smallest absolute Gasteiger partial charge is 0.264 e. The summed E-state index contributed by atoms with van der Waals surface area (Å²) in [5.41, 5.74) is 2.06. The zero-order chi connectivity index (χ0) is 30.2. The zero-order valence-corrected chi connectivity index (χ0v) is 24.9. The third-order valence-corrected chi connectivity index (χ3v) is 8.23. The number of nitrogens with one attached hydrogen (secondary N) is 1. The summed E-state index contributed by atoms with van der Waals surface area (Å²) in [5, 5.41) is 2.86. The van der Waals surface area contributed by atoms with Crippen molar-refractivity contribution < 1.29 is 27.1 Å². The molecule has 0 aromatic heterocycles. The van der Waals surface area contributed by atoms with Crippen LogP contribution in [0.2, 0.25) is 0 Å². The molecular weight excluding hydrogens is 545 g/mol. The van der Waals surface area contributed by atoms with E-state index in [1.54, 1.807) is 31.2 Å². The second-order valence-corrected chi connectivity index (χ2v) is 12.1. The number of aryl methyl sites for hydroxylation is 1. The lowest BCUT2D eigenvalue weighted by molar-refractivity contribution is -0.139. The number of anilines is 1. The van der Waals surface area contributed by atoms with Crippen LogP contribution in [0, 0.1) is 18.7 Å². The standard InChI is InChI=1S/C31H38FN3O5S/c1-6-40-28-15-13-27(14-16-28)35(41(38,39)29-17-11-26(32)12-18-29)21-30(36)34(20-25-9-7-23(4)8-10-25)24(5)31(37)33-19-22(2)3/h7-18,22,24H,6,19-21H2,1-5H3,(H,33,37)/t24-/m0/s1. The predicted molar refractivity (Wildman–Crippen MR) is 158 cm³/mol. The molecule has 0 aliphatic rings. The first kappa shape index (κ1) is 31.6. The Morgan fingerprint density at radius 1 is 0.927 bits per heavy atom. The second-order valence-electron chi connectivity index (χ2n) is 10.2. The molecule has 0 aliphatic carbocycles. The van der Waals surface area contributed by atoms with Crippen LogP contribution in [0.15, 0.2) is 77.7 Å². The largest absolute Gasteiger partial charge is 0.494 e. The van der Waals surface area contributed by atoms with Crippen LogP contribution < -0.4 is 14.4 Å². The van der Waals surface area contributed by atoms with Gasteiger partial charge in [0.15, 0.2) is 0 Å². The Hall–Kier alpha value is -3.92. The molecule has 10 heteroatoms. The van der Waals surface area contributed by atoms with E-state index in [0.717, 1.165) is 39.7 Å². The van der Waals surface area contributed by atoms with E-state index in [1.165, 1.54) is 4.90 Å². The zero-order valence-electron chi connectivity index (χ0n) is 24.1. The van der Waals surface area contributed by atoms with Gasteiger partial charge in [-0.05, 0) is 80.8 Å². The Morgan fingerprint density at radius 2 is 1.54 bits per heavy atom. The molecule has 0 spiro atoms. The summed E-state index contributed by atoms with van der Waals surface area (Å²) >= 11 is 0. The second kappa shape index (κ2) is 14.1. The van der Waals surface area contributed by atoms with Crippen molar-refractivity contribution in [1.29, 1.82) is 0 Å². The highest BCUT2D eigenvalue weighted by Gasteiger charge is 2.32. The number of sulfonamides is 1. The van der Waals surface area contributed by atoms with Crippen LogP contribution in [0.1, 0.15) is 38.8 Å². The van der Waals surface area contributed by atoms with E-state index in [0.29, 0.717) is 18.9 Å². The highest BCUT2D eigenvalue weighted by Crippen LogP contribution is 2.27. The fourth-order valence-corrected chi connectivity index (χ4v) is 5.48. The minimum Gasteiger partial charge on any atom is -0.494 e. The summed E-state index contributed by atoms with van der Waals surface area (Å²) in [4.78, 5) is 28.2. The molecule has 0 radical (unpaired) electrons. The molecule has 0 fully saturated rings. The average Bonchev–Trinajstić information content (AvgIpc) is 2.94. The van der Waals surface area contributed by atoms with E-state index < -0.39 is 34.3 Å². The van der Waals surface area contributed by atoms with Gasteiger partial charge in [0.25, 0.3) is 10.0 Å². The molecule has 1 N–H and O–H groups in total. The van der Waals surface area contributed by atoms with Crippen molar-refractivity contribution in [3.8, 4) is 5.75 Å². The maximum atomic E-state index is 13.9. The van der Waals surface area contributed by atoms with Gasteiger partial charge in [-0.15, -0.1) is 0 Å². The van der Waals surface area contributed by atoms with Crippen molar-refractivity contribution >= 4 is 27.5 Å². The van der Waals surface area contributed by atoms with Crippen molar-refractivity contribution in [1.82, 2.24) is 10.2 Å². The number of amides is 2. The van der Waals surface area contributed by atoms with E-state index in [1.807, 2.05) is 52.0 Å². The van der Waals surface area contributed by atoms with Crippen LogP contribution in [-0.4, -0.2) is 50.9 Å². The Bertz CT molecular complexity index is 1410. The van der Waals surface area contributed by atoms with Gasteiger partial charge >= 0.3 is 0 Å². The number of hydrogen-bond acceptors (Lipinski definition) is 5. The molecule has 220 valence electrons. The van der Waals surface area contributed by atoms with Gasteiger partial charge in [0.2, 0.25) is 11.8 Å². The number of ether oxygens (including phenoxy) is 1. The van der Waals surface area contributed by atoms with Crippen molar-refractivity contribution in [2.24, 2.45) is 5.92 Å². The monoisotopic (exact) mass is 583 g/mol. The molecule has 3 rings (SSSR count). The molecule has 0 saturated carbocycles. The van der Waals surface area contributed by atoms with Gasteiger partial charge in [-0.3, -0.25) is 13.9 Å². The van der Waals surface area contributed by atoms with Crippen LogP contribution in [0.3, 0.4) is 0 Å². The van der Waals surface area contributed by atoms with Crippen LogP contribution in [-0.2, 0) is 26.2 Å². The predicted octanol–water partition coefficient (Wildman–Crippen LogP) is 4.92. The SMILES string of the molecule is CCOc1ccc(N(CC(=O)N(Cc2ccc(C)cc2)[C@@H](C)C(=O)NCC(C)C)S(=O)(=O)c2ccc(F)cc2)cc1. The number of hydrogen-bond donors (Lipinski definition) is 1. The van der Waals surface area contributed by atoms with E-state index in [9.17, 15) is 22.4 Å². The first-order valence-corrected chi connectivity index (χ1v) is 15.0. The third kappa shape index (κ3) is 8.53. The highest BCUT2D eigenvalue weighted by molar-refractivity contribution is 7.92. The lowest BCUT2D eigenvalue weighted by Crippen LogP contribution is -2.51. The number of benzene rings is 3. The summed E-state index contributed by atoms with van der Waals surface area (Å²) in [7, 11) is -4.29. The lowest BCUT2D eigenvalue weighted by Gasteiger charge is -2.32. The fraction of sp³-hybridized carbons (Fsp3) is 0.355. The van der Waals surface area contributed by atoms with Crippen molar-refractivity contribution in [2.75, 3.05) is 24.0 Å². The summed E-state index contributed by atoms with van der Waals surface area (Å²) in [6.07, 6.45) is 0. The minimum absolute atomic E-state index is 0.100. The lowest BCUT2D eigenvalue weighted by atomic mass is 10.1. The Balaban J connectivity index is 2.01. The summed E-state index contributed by atoms with van der Waals surface area (Å²) in [6, 6.07) is 17.4. The molecule has 0 aliphatic heterocycles. The summed E-state index contributed by atoms with van der Waals surface area (Å²) < 4.78 is 47.7. The first-order chi connectivity index (χ1) is 19.4. The van der Waals surface area contributed by atoms with Gasteiger partial charge in [0, 0.05) is 13.1 Å². The van der Waals surface area contributed by atoms with Crippen molar-refractivity contribution in [3.05, 3.63) is 89.7 Å². The molecule has 1 atom stereocenters. The van der Waals surface area contributed by atoms with Gasteiger partial charge in [-0.25, -0.2) is 12.8 Å². The summed E-state index contributed by atoms with van der Waals surface area (Å²) in [6.45, 7) is 9.72. The van der Waals surface area contributed by atoms with Crippen molar-refractivity contribution in [3.63, 3.8) is 0 Å². The molecule has 41 heavy (non-hydrogen) atoms. The van der Waals surface area contributed by atoms with E-state index in [-0.39, 0.29) is 29.0 Å². The van der Waals surface area contributed by atoms with E-state index >= 15 is 0 Å². The Kier molecular flexibility index (Phi) is 10.9. The topological polar surface area (TPSA) is 96.0 Å². The van der Waals surface area contributed by atoms with Gasteiger partial charge in [0.05, 0.1) is 17.2 Å². The fourth-order valence-electron chi connectivity index (χ4n) is 4.06.